The Kier molecular flexibility index (Phi) is 6.31. The summed E-state index contributed by atoms with van der Waals surface area (Å²) >= 11 is 1.44. The maximum absolute atomic E-state index is 13.1. The van der Waals surface area contributed by atoms with E-state index in [1.165, 1.54) is 22.5 Å². The minimum Gasteiger partial charge on any atom is -0.457 e. The number of furan rings is 1. The van der Waals surface area contributed by atoms with Crippen molar-refractivity contribution in [3.8, 4) is 0 Å². The quantitative estimate of drug-likeness (QED) is 0.397. The van der Waals surface area contributed by atoms with E-state index in [-0.39, 0.29) is 11.9 Å². The van der Waals surface area contributed by atoms with Crippen LogP contribution in [0.25, 0.3) is 11.0 Å². The summed E-state index contributed by atoms with van der Waals surface area (Å²) in [5.41, 5.74) is 3.96. The van der Waals surface area contributed by atoms with Crippen molar-refractivity contribution in [2.45, 2.75) is 19.9 Å². The van der Waals surface area contributed by atoms with E-state index < -0.39 is 0 Å². The van der Waals surface area contributed by atoms with Crippen LogP contribution in [0.2, 0.25) is 0 Å². The Morgan fingerprint density at radius 1 is 1.03 bits per heavy atom. The van der Waals surface area contributed by atoms with E-state index in [4.69, 9.17) is 4.42 Å². The van der Waals surface area contributed by atoms with E-state index in [9.17, 15) is 4.79 Å². The number of nitrogens with zero attached hydrogens (tertiary/aromatic N) is 2. The number of para-hydroxylation sites is 1. The predicted octanol–water partition coefficient (Wildman–Crippen LogP) is 5.78. The van der Waals surface area contributed by atoms with Gasteiger partial charge in [0.25, 0.3) is 5.91 Å². The first-order chi connectivity index (χ1) is 16.1. The predicted molar refractivity (Wildman–Crippen MR) is 135 cm³/mol. The maximum Gasteiger partial charge on any atom is 0.265 e. The van der Waals surface area contributed by atoms with Crippen LogP contribution in [0.1, 0.15) is 39.5 Å². The minimum atomic E-state index is -0.101. The van der Waals surface area contributed by atoms with Crippen LogP contribution in [0, 0.1) is 6.92 Å². The molecule has 1 amide bonds. The van der Waals surface area contributed by atoms with Gasteiger partial charge in [0.2, 0.25) is 0 Å². The molecule has 0 spiro atoms. The Morgan fingerprint density at radius 3 is 2.48 bits per heavy atom. The molecule has 4 aromatic rings. The first-order valence-corrected chi connectivity index (χ1v) is 12.4. The average molecular weight is 460 g/mol. The molecule has 1 saturated heterocycles. The highest BCUT2D eigenvalue weighted by molar-refractivity contribution is 7.12. The molecule has 33 heavy (non-hydrogen) atoms. The van der Waals surface area contributed by atoms with Gasteiger partial charge in [-0.15, -0.1) is 11.3 Å². The Labute approximate surface area is 198 Å². The molecule has 1 N–H and O–H groups in total. The number of thiophene rings is 1. The summed E-state index contributed by atoms with van der Waals surface area (Å²) in [6, 6.07) is 20.3. The van der Waals surface area contributed by atoms with Gasteiger partial charge in [0.1, 0.15) is 11.3 Å². The van der Waals surface area contributed by atoms with Crippen LogP contribution < -0.4 is 5.32 Å². The summed E-state index contributed by atoms with van der Waals surface area (Å²) in [6.07, 6.45) is 0. The van der Waals surface area contributed by atoms with Gasteiger partial charge >= 0.3 is 0 Å². The van der Waals surface area contributed by atoms with Crippen molar-refractivity contribution in [3.63, 3.8) is 0 Å². The molecule has 1 fully saturated rings. The maximum atomic E-state index is 13.1. The number of rotatable bonds is 6. The minimum absolute atomic E-state index is 0.0735. The highest BCUT2D eigenvalue weighted by Gasteiger charge is 2.32. The number of benzene rings is 2. The highest BCUT2D eigenvalue weighted by Crippen LogP contribution is 2.41. The molecule has 0 saturated carbocycles. The number of likely N-dealkylation sites (N-methyl/N-ethyl adjacent to an activating group) is 1. The molecule has 3 heterocycles. The largest absolute Gasteiger partial charge is 0.457 e. The number of carbonyl (C=O) groups is 1. The molecule has 5 nitrogen and oxygen atoms in total. The molecule has 2 aromatic carbocycles. The molecule has 6 heteroatoms. The fourth-order valence-corrected chi connectivity index (χ4v) is 5.20. The molecular weight excluding hydrogens is 430 g/mol. The lowest BCUT2D eigenvalue weighted by Crippen LogP contribution is -2.47. The number of anilines is 1. The molecule has 0 aliphatic carbocycles. The summed E-state index contributed by atoms with van der Waals surface area (Å²) in [6.45, 7) is 9.32. The molecule has 1 aliphatic rings. The van der Waals surface area contributed by atoms with Gasteiger partial charge < -0.3 is 14.6 Å². The fraction of sp³-hybridized carbons (Fsp3) is 0.296. The van der Waals surface area contributed by atoms with Crippen LogP contribution in [0.3, 0.4) is 0 Å². The SMILES string of the molecule is CCN1CCN([C@@H](c2ccc(C)cc2)c2oc3ccccc3c2NC(=O)c2cccs2)CC1. The fourth-order valence-electron chi connectivity index (χ4n) is 4.58. The second-order valence-electron chi connectivity index (χ2n) is 8.55. The van der Waals surface area contributed by atoms with Gasteiger partial charge in [-0.25, -0.2) is 0 Å². The van der Waals surface area contributed by atoms with E-state index in [1.54, 1.807) is 0 Å². The molecule has 5 rings (SSSR count). The lowest BCUT2D eigenvalue weighted by Gasteiger charge is -2.38. The van der Waals surface area contributed by atoms with E-state index in [2.05, 4.69) is 53.2 Å². The van der Waals surface area contributed by atoms with E-state index in [1.807, 2.05) is 41.8 Å². The Balaban J connectivity index is 1.60. The van der Waals surface area contributed by atoms with Crippen molar-refractivity contribution < 1.29 is 9.21 Å². The zero-order valence-corrected chi connectivity index (χ0v) is 19.9. The van der Waals surface area contributed by atoms with Gasteiger partial charge in [0, 0.05) is 31.6 Å². The second-order valence-corrected chi connectivity index (χ2v) is 9.50. The van der Waals surface area contributed by atoms with Crippen molar-refractivity contribution >= 4 is 33.9 Å². The number of nitrogens with one attached hydrogen (secondary N) is 1. The van der Waals surface area contributed by atoms with Crippen molar-refractivity contribution in [2.24, 2.45) is 0 Å². The van der Waals surface area contributed by atoms with Crippen molar-refractivity contribution in [3.05, 3.63) is 87.8 Å². The first kappa shape index (κ1) is 21.9. The lowest BCUT2D eigenvalue weighted by molar-refractivity contribution is 0.102. The van der Waals surface area contributed by atoms with E-state index >= 15 is 0 Å². The Morgan fingerprint density at radius 2 is 1.79 bits per heavy atom. The standard InChI is InChI=1S/C27H29N3O2S/c1-3-29-14-16-30(17-15-29)25(20-12-10-19(2)11-13-20)26-24(21-7-4-5-8-22(21)32-26)28-27(31)23-9-6-18-33-23/h4-13,18,25H,3,14-17H2,1-2H3,(H,28,31)/t25-/m0/s1. The third kappa shape index (κ3) is 4.47. The Hall–Kier alpha value is -2.93. The molecule has 0 unspecified atom stereocenters. The number of fused-ring (bicyclic) bond motifs is 1. The van der Waals surface area contributed by atoms with Crippen LogP contribution in [-0.4, -0.2) is 48.4 Å². The van der Waals surface area contributed by atoms with Crippen molar-refractivity contribution in [1.29, 1.82) is 0 Å². The van der Waals surface area contributed by atoms with Crippen LogP contribution in [0.4, 0.5) is 5.69 Å². The molecule has 0 bridgehead atoms. The van der Waals surface area contributed by atoms with Crippen molar-refractivity contribution in [2.75, 3.05) is 38.0 Å². The third-order valence-electron chi connectivity index (χ3n) is 6.47. The summed E-state index contributed by atoms with van der Waals surface area (Å²) in [7, 11) is 0. The smallest absolute Gasteiger partial charge is 0.265 e. The summed E-state index contributed by atoms with van der Waals surface area (Å²) in [4.78, 5) is 18.7. The zero-order valence-electron chi connectivity index (χ0n) is 19.1. The third-order valence-corrected chi connectivity index (χ3v) is 7.34. The average Bonchev–Trinajstić information content (AvgIpc) is 3.50. The molecule has 1 atom stereocenters. The number of hydrogen-bond acceptors (Lipinski definition) is 5. The zero-order chi connectivity index (χ0) is 22.8. The van der Waals surface area contributed by atoms with Crippen LogP contribution in [0.15, 0.2) is 70.5 Å². The highest BCUT2D eigenvalue weighted by atomic mass is 32.1. The molecule has 0 radical (unpaired) electrons. The van der Waals surface area contributed by atoms with Crippen LogP contribution in [0.5, 0.6) is 0 Å². The molecule has 2 aromatic heterocycles. The number of piperazine rings is 1. The number of aryl methyl sites for hydroxylation is 1. The van der Waals surface area contributed by atoms with E-state index in [0.717, 1.165) is 55.1 Å². The molecular formula is C27H29N3O2S. The summed E-state index contributed by atoms with van der Waals surface area (Å²) in [5.74, 6) is 0.700. The van der Waals surface area contributed by atoms with Gasteiger partial charge in [-0.05, 0) is 42.6 Å². The summed E-state index contributed by atoms with van der Waals surface area (Å²) < 4.78 is 6.50. The van der Waals surface area contributed by atoms with Gasteiger partial charge in [-0.1, -0.05) is 55.0 Å². The lowest BCUT2D eigenvalue weighted by atomic mass is 9.99. The van der Waals surface area contributed by atoms with E-state index in [0.29, 0.717) is 4.88 Å². The van der Waals surface area contributed by atoms with Gasteiger partial charge in [-0.3, -0.25) is 9.69 Å². The number of carbonyl (C=O) groups excluding carboxylic acids is 1. The monoisotopic (exact) mass is 459 g/mol. The number of amides is 1. The van der Waals surface area contributed by atoms with Crippen molar-refractivity contribution in [1.82, 2.24) is 9.80 Å². The van der Waals surface area contributed by atoms with Crippen LogP contribution in [-0.2, 0) is 0 Å². The molecule has 170 valence electrons. The second kappa shape index (κ2) is 9.51. The summed E-state index contributed by atoms with van der Waals surface area (Å²) in [5, 5.41) is 6.05. The molecule has 1 aliphatic heterocycles. The topological polar surface area (TPSA) is 48.7 Å². The first-order valence-electron chi connectivity index (χ1n) is 11.5. The Bertz CT molecular complexity index is 1220. The van der Waals surface area contributed by atoms with Gasteiger partial charge in [-0.2, -0.15) is 0 Å². The van der Waals surface area contributed by atoms with Crippen LogP contribution >= 0.6 is 11.3 Å². The van der Waals surface area contributed by atoms with Gasteiger partial charge in [0.15, 0.2) is 0 Å². The normalized spacial score (nSPS) is 16.2. The number of hydrogen-bond donors (Lipinski definition) is 1. The van der Waals surface area contributed by atoms with Gasteiger partial charge in [0.05, 0.1) is 16.6 Å².